The van der Waals surface area contributed by atoms with Gasteiger partial charge in [-0.15, -0.1) is 0 Å². The molecule has 1 aliphatic heterocycles. The van der Waals surface area contributed by atoms with Crippen LogP contribution in [0.1, 0.15) is 45.4 Å². The molecule has 0 aromatic heterocycles. The molecule has 0 amide bonds. The van der Waals surface area contributed by atoms with Gasteiger partial charge < -0.3 is 4.90 Å². The first-order valence-electron chi connectivity index (χ1n) is 5.34. The van der Waals surface area contributed by atoms with Crippen LogP contribution in [0.2, 0.25) is 0 Å². The van der Waals surface area contributed by atoms with Crippen LogP contribution in [-0.4, -0.2) is 18.0 Å². The van der Waals surface area contributed by atoms with Crippen molar-refractivity contribution in [3.05, 3.63) is 12.3 Å². The van der Waals surface area contributed by atoms with Gasteiger partial charge in [0.15, 0.2) is 0 Å². The van der Waals surface area contributed by atoms with E-state index in [1.807, 2.05) is 0 Å². The molecule has 0 bridgehead atoms. The van der Waals surface area contributed by atoms with Crippen molar-refractivity contribution in [2.45, 2.75) is 45.4 Å². The summed E-state index contributed by atoms with van der Waals surface area (Å²) in [5.41, 5.74) is 0. The van der Waals surface area contributed by atoms with E-state index in [-0.39, 0.29) is 0 Å². The minimum Gasteiger partial charge on any atom is -0.378 e. The maximum atomic E-state index is 2.46. The van der Waals surface area contributed by atoms with Gasteiger partial charge in [0.2, 0.25) is 0 Å². The van der Waals surface area contributed by atoms with Gasteiger partial charge >= 0.3 is 0 Å². The van der Waals surface area contributed by atoms with E-state index in [0.717, 1.165) is 0 Å². The van der Waals surface area contributed by atoms with Crippen molar-refractivity contribution in [1.82, 2.24) is 4.90 Å². The average Bonchev–Trinajstić information content (AvgIpc) is 2.14. The molecule has 0 aromatic rings. The van der Waals surface area contributed by atoms with Gasteiger partial charge in [-0.1, -0.05) is 25.8 Å². The number of hydrogen-bond donors (Lipinski definition) is 0. The lowest BCUT2D eigenvalue weighted by atomic mass is 10.1. The van der Waals surface area contributed by atoms with Gasteiger partial charge in [0, 0.05) is 13.1 Å². The summed E-state index contributed by atoms with van der Waals surface area (Å²) in [6, 6.07) is 0. The number of piperidine rings is 1. The van der Waals surface area contributed by atoms with Gasteiger partial charge in [0.05, 0.1) is 0 Å². The molecule has 0 aliphatic carbocycles. The molecule has 1 heterocycles. The van der Waals surface area contributed by atoms with Crippen molar-refractivity contribution in [3.8, 4) is 0 Å². The van der Waals surface area contributed by atoms with Gasteiger partial charge in [-0.05, 0) is 31.9 Å². The second-order valence-corrected chi connectivity index (χ2v) is 3.62. The highest BCUT2D eigenvalue weighted by molar-refractivity contribution is 4.83. The zero-order valence-electron chi connectivity index (χ0n) is 8.26. The molecule has 1 rings (SSSR count). The number of hydrogen-bond acceptors (Lipinski definition) is 1. The lowest BCUT2D eigenvalue weighted by molar-refractivity contribution is 0.308. The maximum absolute atomic E-state index is 2.46. The first kappa shape index (κ1) is 9.63. The standard InChI is InChI=1S/C11H21N/c1-2-3-4-6-9-12-10-7-5-8-11-12/h6,9H,2-5,7-8,10-11H2,1H3. The normalized spacial score (nSPS) is 18.9. The highest BCUT2D eigenvalue weighted by Crippen LogP contribution is 2.09. The van der Waals surface area contributed by atoms with Crippen LogP contribution in [0, 0.1) is 0 Å². The number of allylic oxidation sites excluding steroid dienone is 1. The Morgan fingerprint density at radius 3 is 2.58 bits per heavy atom. The maximum Gasteiger partial charge on any atom is 0.0172 e. The molecule has 1 saturated heterocycles. The largest absolute Gasteiger partial charge is 0.378 e. The summed E-state index contributed by atoms with van der Waals surface area (Å²) in [5, 5.41) is 0. The van der Waals surface area contributed by atoms with E-state index in [2.05, 4.69) is 24.1 Å². The van der Waals surface area contributed by atoms with E-state index < -0.39 is 0 Å². The number of nitrogens with zero attached hydrogens (tertiary/aromatic N) is 1. The predicted molar refractivity (Wildman–Crippen MR) is 54.1 cm³/mol. The molecule has 1 aliphatic rings. The van der Waals surface area contributed by atoms with Crippen LogP contribution in [0.25, 0.3) is 0 Å². The van der Waals surface area contributed by atoms with Crippen LogP contribution >= 0.6 is 0 Å². The van der Waals surface area contributed by atoms with Crippen LogP contribution in [0.4, 0.5) is 0 Å². The SMILES string of the molecule is CCCCC=CN1CCCCC1. The molecule has 0 saturated carbocycles. The fourth-order valence-corrected chi connectivity index (χ4v) is 1.61. The van der Waals surface area contributed by atoms with Crippen LogP contribution < -0.4 is 0 Å². The summed E-state index contributed by atoms with van der Waals surface area (Å²) in [6.07, 6.45) is 12.7. The van der Waals surface area contributed by atoms with E-state index in [4.69, 9.17) is 0 Å². The quantitative estimate of drug-likeness (QED) is 0.581. The van der Waals surface area contributed by atoms with Crippen molar-refractivity contribution in [2.24, 2.45) is 0 Å². The third-order valence-electron chi connectivity index (χ3n) is 2.43. The Bertz CT molecular complexity index is 123. The Morgan fingerprint density at radius 2 is 1.92 bits per heavy atom. The molecular weight excluding hydrogens is 146 g/mol. The van der Waals surface area contributed by atoms with E-state index >= 15 is 0 Å². The molecule has 0 spiro atoms. The average molecular weight is 167 g/mol. The van der Waals surface area contributed by atoms with Crippen LogP contribution in [0.5, 0.6) is 0 Å². The van der Waals surface area contributed by atoms with Gasteiger partial charge in [-0.3, -0.25) is 0 Å². The molecule has 70 valence electrons. The Labute approximate surface area is 76.5 Å². The van der Waals surface area contributed by atoms with Crippen molar-refractivity contribution in [3.63, 3.8) is 0 Å². The van der Waals surface area contributed by atoms with Gasteiger partial charge in [0.25, 0.3) is 0 Å². The van der Waals surface area contributed by atoms with Crippen molar-refractivity contribution >= 4 is 0 Å². The summed E-state index contributed by atoms with van der Waals surface area (Å²) in [4.78, 5) is 2.46. The molecule has 0 radical (unpaired) electrons. The van der Waals surface area contributed by atoms with Crippen molar-refractivity contribution in [2.75, 3.05) is 13.1 Å². The fraction of sp³-hybridized carbons (Fsp3) is 0.818. The van der Waals surface area contributed by atoms with Gasteiger partial charge in [-0.2, -0.15) is 0 Å². The summed E-state index contributed by atoms with van der Waals surface area (Å²) in [6.45, 7) is 4.81. The summed E-state index contributed by atoms with van der Waals surface area (Å²) < 4.78 is 0. The summed E-state index contributed by atoms with van der Waals surface area (Å²) in [7, 11) is 0. The molecule has 12 heavy (non-hydrogen) atoms. The lowest BCUT2D eigenvalue weighted by Crippen LogP contribution is -2.23. The summed E-state index contributed by atoms with van der Waals surface area (Å²) >= 11 is 0. The predicted octanol–water partition coefficient (Wildman–Crippen LogP) is 3.18. The van der Waals surface area contributed by atoms with Crippen molar-refractivity contribution in [1.29, 1.82) is 0 Å². The first-order chi connectivity index (χ1) is 5.93. The summed E-state index contributed by atoms with van der Waals surface area (Å²) in [5.74, 6) is 0. The zero-order chi connectivity index (χ0) is 8.65. The highest BCUT2D eigenvalue weighted by atomic mass is 15.1. The Balaban J connectivity index is 2.07. The molecule has 0 aromatic carbocycles. The van der Waals surface area contributed by atoms with E-state index in [1.165, 1.54) is 51.6 Å². The number of rotatable bonds is 4. The molecule has 0 N–H and O–H groups in total. The number of unbranched alkanes of at least 4 members (excludes halogenated alkanes) is 2. The van der Waals surface area contributed by atoms with Crippen LogP contribution in [0.15, 0.2) is 12.3 Å². The third-order valence-corrected chi connectivity index (χ3v) is 2.43. The van der Waals surface area contributed by atoms with Crippen LogP contribution in [-0.2, 0) is 0 Å². The molecule has 0 atom stereocenters. The van der Waals surface area contributed by atoms with E-state index in [1.54, 1.807) is 0 Å². The molecule has 0 unspecified atom stereocenters. The first-order valence-corrected chi connectivity index (χ1v) is 5.34. The Hall–Kier alpha value is -0.460. The van der Waals surface area contributed by atoms with Gasteiger partial charge in [-0.25, -0.2) is 0 Å². The molecule has 1 nitrogen and oxygen atoms in total. The second-order valence-electron chi connectivity index (χ2n) is 3.62. The minimum atomic E-state index is 1.26. The minimum absolute atomic E-state index is 1.26. The second kappa shape index (κ2) is 6.10. The fourth-order valence-electron chi connectivity index (χ4n) is 1.61. The zero-order valence-corrected chi connectivity index (χ0v) is 8.26. The Morgan fingerprint density at radius 1 is 1.17 bits per heavy atom. The Kier molecular flexibility index (Phi) is 4.89. The third kappa shape index (κ3) is 3.80. The lowest BCUT2D eigenvalue weighted by Gasteiger charge is -2.24. The molecule has 1 heteroatoms. The topological polar surface area (TPSA) is 3.24 Å². The van der Waals surface area contributed by atoms with Crippen molar-refractivity contribution < 1.29 is 0 Å². The number of likely N-dealkylation sites (tertiary alicyclic amines) is 1. The molecule has 1 fully saturated rings. The van der Waals surface area contributed by atoms with E-state index in [0.29, 0.717) is 0 Å². The van der Waals surface area contributed by atoms with Crippen LogP contribution in [0.3, 0.4) is 0 Å². The molecular formula is C11H21N. The monoisotopic (exact) mass is 167 g/mol. The van der Waals surface area contributed by atoms with E-state index in [9.17, 15) is 0 Å². The van der Waals surface area contributed by atoms with Gasteiger partial charge in [0.1, 0.15) is 0 Å². The highest BCUT2D eigenvalue weighted by Gasteiger charge is 2.04. The smallest absolute Gasteiger partial charge is 0.0172 e.